The van der Waals surface area contributed by atoms with Gasteiger partial charge in [-0.05, 0) is 30.2 Å². The molecule has 1 aromatic heterocycles. The fraction of sp³-hybridized carbons (Fsp3) is 0.250. The van der Waals surface area contributed by atoms with E-state index < -0.39 is 11.3 Å². The molecule has 21 heavy (non-hydrogen) atoms. The first-order valence-corrected chi connectivity index (χ1v) is 6.95. The Bertz CT molecular complexity index is 572. The van der Waals surface area contributed by atoms with Crippen molar-refractivity contribution >= 4 is 17.6 Å². The maximum Gasteiger partial charge on any atom is 0.324 e. The number of benzene rings is 1. The normalized spacial score (nSPS) is 11.7. The topological polar surface area (TPSA) is 48.4 Å². The Labute approximate surface area is 128 Å². The van der Waals surface area contributed by atoms with E-state index in [9.17, 15) is 4.79 Å². The number of hydrogen-bond donors (Lipinski definition) is 0. The van der Waals surface area contributed by atoms with Gasteiger partial charge < -0.3 is 9.47 Å². The maximum absolute atomic E-state index is 11.3. The van der Waals surface area contributed by atoms with Crippen molar-refractivity contribution in [2.24, 2.45) is 0 Å². The van der Waals surface area contributed by atoms with Gasteiger partial charge >= 0.3 is 5.97 Å². The first kappa shape index (κ1) is 15.3. The van der Waals surface area contributed by atoms with Gasteiger partial charge in [0.25, 0.3) is 0 Å². The van der Waals surface area contributed by atoms with Crippen LogP contribution in [0.2, 0.25) is 0 Å². The molecule has 0 fully saturated rings. The molecule has 0 bridgehead atoms. The van der Waals surface area contributed by atoms with Gasteiger partial charge in [-0.15, -0.1) is 11.6 Å². The summed E-state index contributed by atoms with van der Waals surface area (Å²) in [5, 5.41) is -0.669. The number of ether oxygens (including phenoxy) is 2. The van der Waals surface area contributed by atoms with Crippen LogP contribution in [0.1, 0.15) is 11.1 Å². The van der Waals surface area contributed by atoms with Gasteiger partial charge in [0.1, 0.15) is 17.7 Å². The van der Waals surface area contributed by atoms with Crippen molar-refractivity contribution in [1.82, 2.24) is 4.98 Å². The van der Waals surface area contributed by atoms with Gasteiger partial charge in [0.2, 0.25) is 0 Å². The Morgan fingerprint density at radius 1 is 1.24 bits per heavy atom. The van der Waals surface area contributed by atoms with Crippen LogP contribution >= 0.6 is 11.6 Å². The maximum atomic E-state index is 11.3. The number of esters is 1. The highest BCUT2D eigenvalue weighted by Gasteiger charge is 2.15. The van der Waals surface area contributed by atoms with Crippen molar-refractivity contribution in [3.8, 4) is 5.75 Å². The van der Waals surface area contributed by atoms with Crippen molar-refractivity contribution in [2.45, 2.75) is 18.4 Å². The smallest absolute Gasteiger partial charge is 0.324 e. The lowest BCUT2D eigenvalue weighted by Crippen LogP contribution is -2.18. The molecule has 0 N–H and O–H groups in total. The molecule has 1 unspecified atom stereocenters. The molecule has 0 radical (unpaired) electrons. The number of pyridine rings is 1. The summed E-state index contributed by atoms with van der Waals surface area (Å²) in [6.45, 7) is 0.466. The molecule has 0 amide bonds. The molecule has 0 aliphatic rings. The van der Waals surface area contributed by atoms with E-state index in [2.05, 4.69) is 9.72 Å². The van der Waals surface area contributed by atoms with Crippen LogP contribution < -0.4 is 4.74 Å². The first-order chi connectivity index (χ1) is 10.2. The van der Waals surface area contributed by atoms with Crippen molar-refractivity contribution in [2.75, 3.05) is 7.11 Å². The van der Waals surface area contributed by atoms with E-state index in [0.29, 0.717) is 13.0 Å². The summed E-state index contributed by atoms with van der Waals surface area (Å²) in [7, 11) is 1.33. The van der Waals surface area contributed by atoms with E-state index in [1.165, 1.54) is 7.11 Å². The Balaban J connectivity index is 1.88. The number of halogens is 1. The molecular formula is C16H16ClNO3. The van der Waals surface area contributed by atoms with Gasteiger partial charge in [0, 0.05) is 18.0 Å². The number of alkyl halides is 1. The van der Waals surface area contributed by atoms with Crippen LogP contribution in [0.5, 0.6) is 5.75 Å². The van der Waals surface area contributed by atoms with Crippen LogP contribution in [0.3, 0.4) is 0 Å². The molecule has 0 aliphatic carbocycles. The minimum Gasteiger partial charge on any atom is -0.489 e. The zero-order valence-electron chi connectivity index (χ0n) is 11.7. The quantitative estimate of drug-likeness (QED) is 0.608. The fourth-order valence-corrected chi connectivity index (χ4v) is 2.06. The largest absolute Gasteiger partial charge is 0.489 e. The Hall–Kier alpha value is -2.07. The Morgan fingerprint density at radius 3 is 2.62 bits per heavy atom. The number of aromatic nitrogens is 1. The summed E-state index contributed by atoms with van der Waals surface area (Å²) in [4.78, 5) is 15.3. The summed E-state index contributed by atoms with van der Waals surface area (Å²) >= 11 is 5.93. The third-order valence-corrected chi connectivity index (χ3v) is 3.26. The summed E-state index contributed by atoms with van der Waals surface area (Å²) in [6, 6.07) is 11.3. The highest BCUT2D eigenvalue weighted by Crippen LogP contribution is 2.16. The van der Waals surface area contributed by atoms with E-state index in [-0.39, 0.29) is 0 Å². The standard InChI is InChI=1S/C16H16ClNO3/c1-20-16(19)15(17)9-12-4-6-14(7-5-12)21-11-13-3-2-8-18-10-13/h2-8,10,15H,9,11H2,1H3. The zero-order valence-corrected chi connectivity index (χ0v) is 12.4. The average molecular weight is 306 g/mol. The molecule has 5 heteroatoms. The number of nitrogens with zero attached hydrogens (tertiary/aromatic N) is 1. The molecule has 4 nitrogen and oxygen atoms in total. The van der Waals surface area contributed by atoms with Crippen molar-refractivity contribution < 1.29 is 14.3 Å². The van der Waals surface area contributed by atoms with Crippen LogP contribution in [0.15, 0.2) is 48.8 Å². The van der Waals surface area contributed by atoms with Crippen LogP contribution in [0, 0.1) is 0 Å². The molecule has 0 saturated carbocycles. The van der Waals surface area contributed by atoms with Crippen LogP contribution in [0.25, 0.3) is 0 Å². The monoisotopic (exact) mass is 305 g/mol. The lowest BCUT2D eigenvalue weighted by Gasteiger charge is -2.09. The number of hydrogen-bond acceptors (Lipinski definition) is 4. The third kappa shape index (κ3) is 4.76. The average Bonchev–Trinajstić information content (AvgIpc) is 2.54. The van der Waals surface area contributed by atoms with Gasteiger partial charge in [-0.3, -0.25) is 9.78 Å². The van der Waals surface area contributed by atoms with Crippen LogP contribution in [0.4, 0.5) is 0 Å². The highest BCUT2D eigenvalue weighted by molar-refractivity contribution is 6.30. The predicted molar refractivity (Wildman–Crippen MR) is 80.4 cm³/mol. The second-order valence-corrected chi connectivity index (χ2v) is 5.02. The minimum absolute atomic E-state index is 0.423. The van der Waals surface area contributed by atoms with Gasteiger partial charge in [-0.1, -0.05) is 18.2 Å². The lowest BCUT2D eigenvalue weighted by molar-refractivity contribution is -0.140. The molecular weight excluding hydrogens is 290 g/mol. The Morgan fingerprint density at radius 2 is 2.00 bits per heavy atom. The van der Waals surface area contributed by atoms with Crippen LogP contribution in [-0.4, -0.2) is 23.4 Å². The van der Waals surface area contributed by atoms with E-state index in [1.807, 2.05) is 36.4 Å². The summed E-state index contributed by atoms with van der Waals surface area (Å²) in [5.41, 5.74) is 1.96. The summed E-state index contributed by atoms with van der Waals surface area (Å²) in [6.07, 6.45) is 3.92. The van der Waals surface area contributed by atoms with Crippen molar-refractivity contribution in [3.63, 3.8) is 0 Å². The predicted octanol–water partition coefficient (Wildman–Crippen LogP) is 2.98. The summed E-state index contributed by atoms with van der Waals surface area (Å²) < 4.78 is 10.3. The van der Waals surface area contributed by atoms with Gasteiger partial charge in [0.05, 0.1) is 7.11 Å². The number of carbonyl (C=O) groups excluding carboxylic acids is 1. The molecule has 2 aromatic rings. The van der Waals surface area contributed by atoms with Crippen molar-refractivity contribution in [1.29, 1.82) is 0 Å². The molecule has 1 aromatic carbocycles. The molecule has 0 saturated heterocycles. The number of methoxy groups -OCH3 is 1. The third-order valence-electron chi connectivity index (χ3n) is 2.92. The number of carbonyl (C=O) groups is 1. The molecule has 1 atom stereocenters. The van der Waals surface area contributed by atoms with Crippen LogP contribution in [-0.2, 0) is 22.6 Å². The number of rotatable bonds is 6. The molecule has 0 spiro atoms. The SMILES string of the molecule is COC(=O)C(Cl)Cc1ccc(OCc2cccnc2)cc1. The van der Waals surface area contributed by atoms with E-state index in [4.69, 9.17) is 16.3 Å². The van der Waals surface area contributed by atoms with E-state index in [0.717, 1.165) is 16.9 Å². The Kier molecular flexibility index (Phi) is 5.58. The second kappa shape index (κ2) is 7.64. The second-order valence-electron chi connectivity index (χ2n) is 4.49. The highest BCUT2D eigenvalue weighted by atomic mass is 35.5. The van der Waals surface area contributed by atoms with Gasteiger partial charge in [-0.2, -0.15) is 0 Å². The molecule has 1 heterocycles. The van der Waals surface area contributed by atoms with Gasteiger partial charge in [0.15, 0.2) is 0 Å². The molecule has 2 rings (SSSR count). The molecule has 110 valence electrons. The first-order valence-electron chi connectivity index (χ1n) is 6.51. The summed E-state index contributed by atoms with van der Waals surface area (Å²) in [5.74, 6) is 0.334. The zero-order chi connectivity index (χ0) is 15.1. The van der Waals surface area contributed by atoms with Gasteiger partial charge in [-0.25, -0.2) is 0 Å². The van der Waals surface area contributed by atoms with Crippen molar-refractivity contribution in [3.05, 3.63) is 59.9 Å². The molecule has 0 aliphatic heterocycles. The lowest BCUT2D eigenvalue weighted by atomic mass is 10.1. The van der Waals surface area contributed by atoms with E-state index in [1.54, 1.807) is 12.4 Å². The minimum atomic E-state index is -0.669. The fourth-order valence-electron chi connectivity index (χ4n) is 1.79. The van der Waals surface area contributed by atoms with E-state index >= 15 is 0 Å².